The fourth-order valence-corrected chi connectivity index (χ4v) is 1.86. The molecule has 0 unspecified atom stereocenters. The molecule has 1 aliphatic heterocycles. The molecule has 16 heavy (non-hydrogen) atoms. The highest BCUT2D eigenvalue weighted by Crippen LogP contribution is 2.20. The number of pyridine rings is 2. The van der Waals surface area contributed by atoms with Crippen molar-refractivity contribution in [3.8, 4) is 11.1 Å². The fourth-order valence-electron chi connectivity index (χ4n) is 1.86. The van der Waals surface area contributed by atoms with Crippen LogP contribution in [-0.2, 0) is 6.42 Å². The second kappa shape index (κ2) is 3.85. The van der Waals surface area contributed by atoms with Gasteiger partial charge in [0, 0.05) is 54.5 Å². The molecule has 3 rings (SSSR count). The molecule has 0 atom stereocenters. The largest absolute Gasteiger partial charge is 0.292 e. The molecule has 0 fully saturated rings. The number of nitrogens with zero attached hydrogens (tertiary/aromatic N) is 3. The van der Waals surface area contributed by atoms with Crippen molar-refractivity contribution in [1.82, 2.24) is 9.97 Å². The van der Waals surface area contributed by atoms with Crippen LogP contribution in [0.1, 0.15) is 11.3 Å². The third-order valence-corrected chi connectivity index (χ3v) is 2.71. The van der Waals surface area contributed by atoms with Gasteiger partial charge in [0.25, 0.3) is 0 Å². The maximum atomic E-state index is 4.48. The van der Waals surface area contributed by atoms with Crippen molar-refractivity contribution >= 4 is 6.21 Å². The fraction of sp³-hybridized carbons (Fsp3) is 0.154. The van der Waals surface area contributed by atoms with Gasteiger partial charge >= 0.3 is 0 Å². The van der Waals surface area contributed by atoms with Gasteiger partial charge in [0.15, 0.2) is 0 Å². The van der Waals surface area contributed by atoms with E-state index in [0.717, 1.165) is 35.3 Å². The maximum Gasteiger partial charge on any atom is 0.0510 e. The zero-order valence-electron chi connectivity index (χ0n) is 8.80. The molecule has 0 N–H and O–H groups in total. The van der Waals surface area contributed by atoms with Gasteiger partial charge in [-0.2, -0.15) is 0 Å². The Morgan fingerprint density at radius 1 is 1.12 bits per heavy atom. The highest BCUT2D eigenvalue weighted by atomic mass is 14.8. The third-order valence-electron chi connectivity index (χ3n) is 2.71. The van der Waals surface area contributed by atoms with Crippen LogP contribution in [0.2, 0.25) is 0 Å². The van der Waals surface area contributed by atoms with Gasteiger partial charge in [-0.3, -0.25) is 15.0 Å². The van der Waals surface area contributed by atoms with Gasteiger partial charge in [-0.15, -0.1) is 0 Å². The molecule has 2 aromatic heterocycles. The van der Waals surface area contributed by atoms with Crippen LogP contribution in [0.3, 0.4) is 0 Å². The van der Waals surface area contributed by atoms with E-state index in [4.69, 9.17) is 0 Å². The molecule has 78 valence electrons. The molecule has 2 aromatic rings. The lowest BCUT2D eigenvalue weighted by molar-refractivity contribution is 0.906. The lowest BCUT2D eigenvalue weighted by Gasteiger charge is -2.10. The van der Waals surface area contributed by atoms with Gasteiger partial charge in [0.2, 0.25) is 0 Å². The maximum absolute atomic E-state index is 4.48. The van der Waals surface area contributed by atoms with Crippen LogP contribution in [0.15, 0.2) is 41.8 Å². The molecule has 0 saturated carbocycles. The first-order valence-electron chi connectivity index (χ1n) is 5.32. The van der Waals surface area contributed by atoms with Crippen molar-refractivity contribution in [2.45, 2.75) is 6.42 Å². The summed E-state index contributed by atoms with van der Waals surface area (Å²) >= 11 is 0. The van der Waals surface area contributed by atoms with Crippen molar-refractivity contribution in [2.75, 3.05) is 6.54 Å². The van der Waals surface area contributed by atoms with Gasteiger partial charge < -0.3 is 0 Å². The van der Waals surface area contributed by atoms with E-state index in [0.29, 0.717) is 0 Å². The quantitative estimate of drug-likeness (QED) is 0.721. The van der Waals surface area contributed by atoms with Gasteiger partial charge in [-0.1, -0.05) is 6.07 Å². The van der Waals surface area contributed by atoms with Crippen LogP contribution >= 0.6 is 0 Å². The Hall–Kier alpha value is -2.03. The standard InChI is InChI=1S/C13H11N3/c1-2-10(7-14-4-1)11-6-12-8-15-5-3-13(12)16-9-11/h1-2,4,6-9H,3,5H2. The zero-order chi connectivity index (χ0) is 10.8. The van der Waals surface area contributed by atoms with Crippen LogP contribution in [0.4, 0.5) is 0 Å². The average Bonchev–Trinajstić information content (AvgIpc) is 2.39. The van der Waals surface area contributed by atoms with Gasteiger partial charge in [0.1, 0.15) is 0 Å². The minimum absolute atomic E-state index is 0.853. The van der Waals surface area contributed by atoms with Crippen molar-refractivity contribution in [3.63, 3.8) is 0 Å². The molecule has 0 radical (unpaired) electrons. The molecule has 3 heterocycles. The summed E-state index contributed by atoms with van der Waals surface area (Å²) in [6.45, 7) is 0.853. The molecule has 0 saturated heterocycles. The van der Waals surface area contributed by atoms with E-state index in [2.05, 4.69) is 21.0 Å². The molecule has 3 heteroatoms. The molecule has 0 spiro atoms. The molecule has 3 nitrogen and oxygen atoms in total. The Kier molecular flexibility index (Phi) is 2.22. The van der Waals surface area contributed by atoms with E-state index < -0.39 is 0 Å². The minimum atomic E-state index is 0.853. The molecular formula is C13H11N3. The molecule has 0 aliphatic carbocycles. The number of fused-ring (bicyclic) bond motifs is 1. The van der Waals surface area contributed by atoms with Gasteiger partial charge in [0.05, 0.1) is 5.69 Å². The SMILES string of the molecule is C1=NCCc2ncc(-c3cccnc3)cc21. The summed E-state index contributed by atoms with van der Waals surface area (Å²) in [5.74, 6) is 0. The van der Waals surface area contributed by atoms with Crippen LogP contribution in [0.5, 0.6) is 0 Å². The first kappa shape index (κ1) is 9.21. The molecule has 0 amide bonds. The van der Waals surface area contributed by atoms with Gasteiger partial charge in [-0.25, -0.2) is 0 Å². The number of hydrogen-bond donors (Lipinski definition) is 0. The van der Waals surface area contributed by atoms with Gasteiger partial charge in [-0.05, 0) is 12.1 Å². The second-order valence-electron chi connectivity index (χ2n) is 3.79. The van der Waals surface area contributed by atoms with Crippen LogP contribution in [-0.4, -0.2) is 22.7 Å². The zero-order valence-corrected chi connectivity index (χ0v) is 8.80. The van der Waals surface area contributed by atoms with E-state index >= 15 is 0 Å². The lowest BCUT2D eigenvalue weighted by Crippen LogP contribution is -2.05. The Labute approximate surface area is 93.9 Å². The van der Waals surface area contributed by atoms with Crippen molar-refractivity contribution in [1.29, 1.82) is 0 Å². The predicted octanol–water partition coefficient (Wildman–Crippen LogP) is 2.12. The second-order valence-corrected chi connectivity index (χ2v) is 3.79. The molecule has 0 bridgehead atoms. The highest BCUT2D eigenvalue weighted by Gasteiger charge is 2.08. The summed E-state index contributed by atoms with van der Waals surface area (Å²) in [7, 11) is 0. The lowest BCUT2D eigenvalue weighted by atomic mass is 10.0. The summed E-state index contributed by atoms with van der Waals surface area (Å²) < 4.78 is 0. The predicted molar refractivity (Wildman–Crippen MR) is 63.6 cm³/mol. The minimum Gasteiger partial charge on any atom is -0.292 e. The van der Waals surface area contributed by atoms with Crippen molar-refractivity contribution in [2.24, 2.45) is 4.99 Å². The normalized spacial score (nSPS) is 13.5. The first-order chi connectivity index (χ1) is 7.93. The number of aliphatic imine (C=N–C) groups is 1. The summed E-state index contributed by atoms with van der Waals surface area (Å²) in [4.78, 5) is 12.9. The first-order valence-corrected chi connectivity index (χ1v) is 5.32. The van der Waals surface area contributed by atoms with Crippen molar-refractivity contribution < 1.29 is 0 Å². The van der Waals surface area contributed by atoms with E-state index in [1.54, 1.807) is 6.20 Å². The number of aromatic nitrogens is 2. The van der Waals surface area contributed by atoms with Crippen molar-refractivity contribution in [3.05, 3.63) is 48.0 Å². The smallest absolute Gasteiger partial charge is 0.0510 e. The molecule has 0 aromatic carbocycles. The topological polar surface area (TPSA) is 38.1 Å². The average molecular weight is 209 g/mol. The summed E-state index contributed by atoms with van der Waals surface area (Å²) in [6.07, 6.45) is 8.39. The molecular weight excluding hydrogens is 198 g/mol. The highest BCUT2D eigenvalue weighted by molar-refractivity contribution is 5.84. The Morgan fingerprint density at radius 3 is 3.00 bits per heavy atom. The van der Waals surface area contributed by atoms with E-state index in [9.17, 15) is 0 Å². The van der Waals surface area contributed by atoms with Crippen LogP contribution in [0.25, 0.3) is 11.1 Å². The summed E-state index contributed by atoms with van der Waals surface area (Å²) in [5.41, 5.74) is 4.47. The Bertz CT molecular complexity index is 532. The summed E-state index contributed by atoms with van der Waals surface area (Å²) in [6, 6.07) is 6.10. The number of rotatable bonds is 1. The van der Waals surface area contributed by atoms with Crippen LogP contribution in [0, 0.1) is 0 Å². The number of hydrogen-bond acceptors (Lipinski definition) is 3. The van der Waals surface area contributed by atoms with Crippen LogP contribution < -0.4 is 0 Å². The molecule has 1 aliphatic rings. The Balaban J connectivity index is 2.08. The Morgan fingerprint density at radius 2 is 2.12 bits per heavy atom. The monoisotopic (exact) mass is 209 g/mol. The van der Waals surface area contributed by atoms with E-state index in [1.807, 2.05) is 30.7 Å². The summed E-state index contributed by atoms with van der Waals surface area (Å²) in [5, 5.41) is 0. The third kappa shape index (κ3) is 1.60. The van der Waals surface area contributed by atoms with E-state index in [-0.39, 0.29) is 0 Å². The van der Waals surface area contributed by atoms with E-state index in [1.165, 1.54) is 0 Å².